The van der Waals surface area contributed by atoms with E-state index in [9.17, 15) is 18.0 Å². The van der Waals surface area contributed by atoms with Gasteiger partial charge in [0.15, 0.2) is 0 Å². The van der Waals surface area contributed by atoms with Crippen LogP contribution in [0, 0.1) is 12.8 Å². The molecular weight excluding hydrogens is 445 g/mol. The third kappa shape index (κ3) is 4.26. The zero-order valence-electron chi connectivity index (χ0n) is 17.6. The number of carbonyl (C=O) groups is 1. The number of hydrogen-bond donors (Lipinski definition) is 0. The van der Waals surface area contributed by atoms with Gasteiger partial charge in [0, 0.05) is 18.1 Å². The van der Waals surface area contributed by atoms with E-state index in [0.717, 1.165) is 11.6 Å². The number of aromatic nitrogens is 3. The van der Waals surface area contributed by atoms with Crippen LogP contribution in [0.3, 0.4) is 0 Å². The second-order valence-corrected chi connectivity index (χ2v) is 8.14. The monoisotopic (exact) mass is 466 g/mol. The summed E-state index contributed by atoms with van der Waals surface area (Å²) in [6.07, 6.45) is -3.44. The zero-order valence-corrected chi connectivity index (χ0v) is 18.4. The topological polar surface area (TPSA) is 60.2 Å². The van der Waals surface area contributed by atoms with Gasteiger partial charge in [-0.2, -0.15) is 13.2 Å². The van der Waals surface area contributed by atoms with Crippen LogP contribution in [-0.2, 0) is 15.7 Å². The predicted octanol–water partition coefficient (Wildman–Crippen LogP) is 5.18. The van der Waals surface area contributed by atoms with Gasteiger partial charge in [-0.3, -0.25) is 9.36 Å². The molecule has 32 heavy (non-hydrogen) atoms. The van der Waals surface area contributed by atoms with Gasteiger partial charge in [0.05, 0.1) is 23.6 Å². The summed E-state index contributed by atoms with van der Waals surface area (Å²) in [5.74, 6) is 0.149. The summed E-state index contributed by atoms with van der Waals surface area (Å²) < 4.78 is 46.7. The molecule has 0 N–H and O–H groups in total. The molecule has 1 saturated heterocycles. The number of pyridine rings is 1. The molecule has 0 atom stereocenters. The Hall–Kier alpha value is -2.81. The molecule has 170 valence electrons. The number of carbonyl (C=O) groups excluding carboxylic acids is 1. The molecule has 0 unspecified atom stereocenters. The maximum absolute atomic E-state index is 13.3. The van der Waals surface area contributed by atoms with Crippen molar-refractivity contribution in [2.24, 2.45) is 5.92 Å². The fourth-order valence-electron chi connectivity index (χ4n) is 3.91. The third-order valence-electron chi connectivity index (χ3n) is 5.57. The van der Waals surface area contributed by atoms with E-state index in [0.29, 0.717) is 54.5 Å². The van der Waals surface area contributed by atoms with Crippen molar-refractivity contribution in [3.63, 3.8) is 0 Å². The fraction of sp³-hybridized carbons (Fsp3) is 0.409. The maximum atomic E-state index is 13.3. The third-order valence-corrected chi connectivity index (χ3v) is 5.98. The molecule has 0 bridgehead atoms. The highest BCUT2D eigenvalue weighted by Gasteiger charge is 2.34. The van der Waals surface area contributed by atoms with E-state index in [1.165, 1.54) is 12.1 Å². The lowest BCUT2D eigenvalue weighted by Crippen LogP contribution is -2.38. The van der Waals surface area contributed by atoms with E-state index >= 15 is 0 Å². The molecule has 0 radical (unpaired) electrons. The van der Waals surface area contributed by atoms with E-state index in [2.05, 4.69) is 4.98 Å². The number of aryl methyl sites for hydroxylation is 1. The number of imidazole rings is 1. The first-order valence-corrected chi connectivity index (χ1v) is 10.7. The van der Waals surface area contributed by atoms with E-state index in [-0.39, 0.29) is 17.7 Å². The quantitative estimate of drug-likeness (QED) is 0.496. The zero-order chi connectivity index (χ0) is 23.0. The summed E-state index contributed by atoms with van der Waals surface area (Å²) in [5.41, 5.74) is 0.999. The lowest BCUT2D eigenvalue weighted by Gasteiger charge is -2.31. The number of halogens is 4. The molecule has 10 heteroatoms. The summed E-state index contributed by atoms with van der Waals surface area (Å²) in [7, 11) is 0. The summed E-state index contributed by atoms with van der Waals surface area (Å²) in [6.45, 7) is 4.96. The minimum atomic E-state index is -4.57. The van der Waals surface area contributed by atoms with Crippen LogP contribution in [0.1, 0.15) is 31.0 Å². The van der Waals surface area contributed by atoms with Gasteiger partial charge in [-0.05, 0) is 56.5 Å². The molecule has 1 aliphatic rings. The first-order chi connectivity index (χ1) is 15.2. The lowest BCUT2D eigenvalue weighted by molar-refractivity contribution is -0.148. The Balaban J connectivity index is 1.78. The number of hydrogen-bond acceptors (Lipinski definition) is 5. The molecule has 0 saturated carbocycles. The van der Waals surface area contributed by atoms with E-state index in [1.807, 2.05) is 11.8 Å². The molecule has 4 rings (SSSR count). The van der Waals surface area contributed by atoms with Crippen molar-refractivity contribution in [2.45, 2.75) is 32.9 Å². The molecule has 0 aliphatic carbocycles. The Kier molecular flexibility index (Phi) is 6.03. The maximum Gasteiger partial charge on any atom is 0.433 e. The first kappa shape index (κ1) is 22.4. The van der Waals surface area contributed by atoms with Gasteiger partial charge in [0.1, 0.15) is 11.5 Å². The highest BCUT2D eigenvalue weighted by atomic mass is 35.5. The highest BCUT2D eigenvalue weighted by Crippen LogP contribution is 2.34. The second kappa shape index (κ2) is 8.61. The van der Waals surface area contributed by atoms with Crippen LogP contribution >= 0.6 is 11.6 Å². The summed E-state index contributed by atoms with van der Waals surface area (Å²) >= 11 is 6.32. The highest BCUT2D eigenvalue weighted by molar-refractivity contribution is 6.32. The predicted molar refractivity (Wildman–Crippen MR) is 115 cm³/mol. The SMILES string of the molecule is CCOC(=O)C1CCN(c2nc3cc(C)c(Cl)cc3n2-c2cccc(C(F)(F)F)n2)CC1. The molecule has 0 amide bonds. The van der Waals surface area contributed by atoms with Crippen molar-refractivity contribution < 1.29 is 22.7 Å². The molecule has 2 aromatic heterocycles. The Morgan fingerprint density at radius 2 is 1.94 bits per heavy atom. The number of rotatable bonds is 4. The number of alkyl halides is 3. The van der Waals surface area contributed by atoms with Gasteiger partial charge in [-0.25, -0.2) is 9.97 Å². The number of fused-ring (bicyclic) bond motifs is 1. The molecule has 0 spiro atoms. The number of esters is 1. The van der Waals surface area contributed by atoms with Gasteiger partial charge >= 0.3 is 12.1 Å². The second-order valence-electron chi connectivity index (χ2n) is 7.73. The molecule has 1 aromatic carbocycles. The number of piperidine rings is 1. The molecule has 3 aromatic rings. The van der Waals surface area contributed by atoms with Crippen LogP contribution < -0.4 is 4.90 Å². The smallest absolute Gasteiger partial charge is 0.433 e. The fourth-order valence-corrected chi connectivity index (χ4v) is 4.07. The number of nitrogens with zero attached hydrogens (tertiary/aromatic N) is 4. The summed E-state index contributed by atoms with van der Waals surface area (Å²) in [6, 6.07) is 7.26. The van der Waals surface area contributed by atoms with Gasteiger partial charge in [0.25, 0.3) is 0 Å². The van der Waals surface area contributed by atoms with Crippen molar-refractivity contribution in [3.05, 3.63) is 46.6 Å². The van der Waals surface area contributed by atoms with E-state index < -0.39 is 11.9 Å². The number of anilines is 1. The van der Waals surface area contributed by atoms with Crippen molar-refractivity contribution in [1.29, 1.82) is 0 Å². The van der Waals surface area contributed by atoms with Crippen molar-refractivity contribution in [3.8, 4) is 5.82 Å². The Morgan fingerprint density at radius 1 is 1.22 bits per heavy atom. The Bertz CT molecular complexity index is 1150. The van der Waals surface area contributed by atoms with Crippen molar-refractivity contribution in [2.75, 3.05) is 24.6 Å². The van der Waals surface area contributed by atoms with Gasteiger partial charge in [-0.1, -0.05) is 17.7 Å². The van der Waals surface area contributed by atoms with Gasteiger partial charge in [0.2, 0.25) is 5.95 Å². The normalized spacial score (nSPS) is 15.4. The standard InChI is InChI=1S/C22H22ClF3N4O2/c1-3-32-20(31)14-7-9-29(10-8-14)21-27-16-11-13(2)15(23)12-17(16)30(21)19-6-4-5-18(28-19)22(24,25)26/h4-6,11-12,14H,3,7-10H2,1-2H3. The van der Waals surface area contributed by atoms with Crippen molar-refractivity contribution in [1.82, 2.24) is 14.5 Å². The van der Waals surface area contributed by atoms with E-state index in [1.54, 1.807) is 23.6 Å². The number of benzene rings is 1. The van der Waals surface area contributed by atoms with Crippen LogP contribution in [-0.4, -0.2) is 40.2 Å². The number of ether oxygens (including phenoxy) is 1. The van der Waals surface area contributed by atoms with E-state index in [4.69, 9.17) is 21.3 Å². The Morgan fingerprint density at radius 3 is 2.59 bits per heavy atom. The minimum absolute atomic E-state index is 0.102. The van der Waals surface area contributed by atoms with Crippen LogP contribution in [0.15, 0.2) is 30.3 Å². The summed E-state index contributed by atoms with van der Waals surface area (Å²) in [5, 5.41) is 0.484. The largest absolute Gasteiger partial charge is 0.466 e. The molecule has 6 nitrogen and oxygen atoms in total. The van der Waals surface area contributed by atoms with Crippen LogP contribution in [0.4, 0.5) is 19.1 Å². The average molecular weight is 467 g/mol. The molecular formula is C22H22ClF3N4O2. The van der Waals surface area contributed by atoms with Crippen LogP contribution in [0.2, 0.25) is 5.02 Å². The van der Waals surface area contributed by atoms with Crippen molar-refractivity contribution >= 4 is 34.6 Å². The first-order valence-electron chi connectivity index (χ1n) is 10.3. The van der Waals surface area contributed by atoms with Gasteiger partial charge in [-0.15, -0.1) is 0 Å². The summed E-state index contributed by atoms with van der Waals surface area (Å²) in [4.78, 5) is 22.6. The average Bonchev–Trinajstić information content (AvgIpc) is 3.12. The molecule has 1 aliphatic heterocycles. The molecule has 1 fully saturated rings. The van der Waals surface area contributed by atoms with Crippen LogP contribution in [0.5, 0.6) is 0 Å². The Labute approximate surface area is 188 Å². The van der Waals surface area contributed by atoms with Crippen LogP contribution in [0.25, 0.3) is 16.9 Å². The lowest BCUT2D eigenvalue weighted by atomic mass is 9.97. The van der Waals surface area contributed by atoms with Gasteiger partial charge < -0.3 is 9.64 Å². The molecule has 3 heterocycles. The minimum Gasteiger partial charge on any atom is -0.466 e.